The zero-order valence-electron chi connectivity index (χ0n) is 18.2. The summed E-state index contributed by atoms with van der Waals surface area (Å²) in [5.41, 5.74) is 5.89. The molecule has 2 aromatic carbocycles. The Balaban J connectivity index is 1.54. The third-order valence-electron chi connectivity index (χ3n) is 5.63. The smallest absolute Gasteiger partial charge is 0.152 e. The molecule has 0 saturated heterocycles. The van der Waals surface area contributed by atoms with Gasteiger partial charge in [-0.15, -0.1) is 0 Å². The minimum Gasteiger partial charge on any atom is -0.490 e. The van der Waals surface area contributed by atoms with Crippen LogP contribution in [0.5, 0.6) is 5.75 Å². The van der Waals surface area contributed by atoms with E-state index in [1.807, 2.05) is 31.5 Å². The number of benzene rings is 2. The molecular formula is C26H27N5O. The van der Waals surface area contributed by atoms with E-state index in [-0.39, 0.29) is 0 Å². The molecule has 0 fully saturated rings. The second-order valence-electron chi connectivity index (χ2n) is 7.97. The summed E-state index contributed by atoms with van der Waals surface area (Å²) < 4.78 is 5.71. The van der Waals surface area contributed by atoms with Crippen molar-refractivity contribution in [3.05, 3.63) is 72.6 Å². The number of aliphatic imine (C=N–C) groups is 2. The number of hydrogen-bond donors (Lipinski definition) is 3. The first-order chi connectivity index (χ1) is 15.8. The van der Waals surface area contributed by atoms with Crippen LogP contribution in [0, 0.1) is 0 Å². The highest BCUT2D eigenvalue weighted by Crippen LogP contribution is 2.30. The van der Waals surface area contributed by atoms with Crippen molar-refractivity contribution in [2.24, 2.45) is 9.98 Å². The molecule has 0 spiro atoms. The Hall–Kier alpha value is -3.80. The minimum absolute atomic E-state index is 0.684. The number of fused-ring (bicyclic) bond motifs is 2. The van der Waals surface area contributed by atoms with Crippen LogP contribution in [0.25, 0.3) is 16.6 Å². The van der Waals surface area contributed by atoms with E-state index in [4.69, 9.17) is 9.73 Å². The van der Waals surface area contributed by atoms with Crippen molar-refractivity contribution in [3.63, 3.8) is 0 Å². The average Bonchev–Trinajstić information content (AvgIpc) is 3.28. The summed E-state index contributed by atoms with van der Waals surface area (Å²) >= 11 is 0. The SMILES string of the molecule is CC1=NC=CCCCC=C(c2ccc3cc[nH]c3c2)N=C1Nc1ccc2c(c1)NCCO2. The molecule has 3 heterocycles. The summed E-state index contributed by atoms with van der Waals surface area (Å²) in [5, 5.41) is 8.07. The summed E-state index contributed by atoms with van der Waals surface area (Å²) in [6.45, 7) is 3.47. The predicted molar refractivity (Wildman–Crippen MR) is 134 cm³/mol. The molecule has 6 heteroatoms. The van der Waals surface area contributed by atoms with E-state index >= 15 is 0 Å². The summed E-state index contributed by atoms with van der Waals surface area (Å²) in [7, 11) is 0. The Labute approximate surface area is 187 Å². The topological polar surface area (TPSA) is 73.8 Å². The Morgan fingerprint density at radius 1 is 1.06 bits per heavy atom. The maximum atomic E-state index is 5.71. The molecule has 2 aliphatic heterocycles. The molecule has 1 aromatic heterocycles. The van der Waals surface area contributed by atoms with E-state index in [1.165, 1.54) is 5.39 Å². The molecule has 0 amide bonds. The maximum absolute atomic E-state index is 5.71. The number of H-pyrrole nitrogens is 1. The summed E-state index contributed by atoms with van der Waals surface area (Å²) in [4.78, 5) is 13.0. The van der Waals surface area contributed by atoms with Crippen LogP contribution in [0.3, 0.4) is 0 Å². The number of amidine groups is 1. The lowest BCUT2D eigenvalue weighted by molar-refractivity contribution is 0.323. The van der Waals surface area contributed by atoms with Crippen LogP contribution in [0.1, 0.15) is 31.7 Å². The van der Waals surface area contributed by atoms with Crippen molar-refractivity contribution in [3.8, 4) is 5.75 Å². The number of allylic oxidation sites excluding steroid dienone is 2. The van der Waals surface area contributed by atoms with E-state index in [2.05, 4.69) is 63.1 Å². The summed E-state index contributed by atoms with van der Waals surface area (Å²) in [6.07, 6.45) is 11.2. The van der Waals surface area contributed by atoms with Gasteiger partial charge < -0.3 is 20.4 Å². The lowest BCUT2D eigenvalue weighted by Gasteiger charge is -2.20. The van der Waals surface area contributed by atoms with Gasteiger partial charge in [-0.05, 0) is 61.9 Å². The molecule has 0 saturated carbocycles. The lowest BCUT2D eigenvalue weighted by atomic mass is 10.1. The van der Waals surface area contributed by atoms with Crippen molar-refractivity contribution in [2.45, 2.75) is 26.2 Å². The highest BCUT2D eigenvalue weighted by atomic mass is 16.5. The normalized spacial score (nSPS) is 16.6. The molecule has 32 heavy (non-hydrogen) atoms. The Bertz CT molecular complexity index is 1250. The van der Waals surface area contributed by atoms with Crippen LogP contribution in [-0.2, 0) is 0 Å². The van der Waals surface area contributed by atoms with Crippen molar-refractivity contribution >= 4 is 39.5 Å². The van der Waals surface area contributed by atoms with Gasteiger partial charge in [-0.25, -0.2) is 4.99 Å². The Morgan fingerprint density at radius 2 is 2.03 bits per heavy atom. The first kappa shape index (κ1) is 20.1. The van der Waals surface area contributed by atoms with Gasteiger partial charge in [-0.3, -0.25) is 4.99 Å². The average molecular weight is 426 g/mol. The van der Waals surface area contributed by atoms with Gasteiger partial charge in [0, 0.05) is 35.7 Å². The number of nitrogens with zero attached hydrogens (tertiary/aromatic N) is 2. The number of aromatic amines is 1. The van der Waals surface area contributed by atoms with Gasteiger partial charge in [0.25, 0.3) is 0 Å². The zero-order valence-corrected chi connectivity index (χ0v) is 18.2. The van der Waals surface area contributed by atoms with Gasteiger partial charge in [0.15, 0.2) is 5.84 Å². The zero-order chi connectivity index (χ0) is 21.8. The molecule has 162 valence electrons. The molecule has 2 aliphatic rings. The fourth-order valence-corrected chi connectivity index (χ4v) is 3.88. The van der Waals surface area contributed by atoms with Crippen LogP contribution in [0.4, 0.5) is 11.4 Å². The standard InChI is InChI=1S/C26H27N5O/c1-18-26(30-21-9-10-25-24(17-21)29-14-15-32-25)31-22(6-4-2-3-5-12-27-18)20-8-7-19-11-13-28-23(19)16-20/h5-13,16-17,28-29H,2-4,14-15H2,1H3,(H,30,31). The van der Waals surface area contributed by atoms with Gasteiger partial charge in [-0.1, -0.05) is 24.3 Å². The first-order valence-electron chi connectivity index (χ1n) is 11.1. The van der Waals surface area contributed by atoms with Crippen LogP contribution in [0.15, 0.2) is 77.0 Å². The van der Waals surface area contributed by atoms with E-state index in [0.29, 0.717) is 6.61 Å². The van der Waals surface area contributed by atoms with Crippen molar-refractivity contribution < 1.29 is 4.74 Å². The van der Waals surface area contributed by atoms with Crippen molar-refractivity contribution in [1.82, 2.24) is 4.98 Å². The van der Waals surface area contributed by atoms with Gasteiger partial charge >= 0.3 is 0 Å². The second-order valence-corrected chi connectivity index (χ2v) is 7.97. The quantitative estimate of drug-likeness (QED) is 0.473. The molecule has 6 nitrogen and oxygen atoms in total. The molecule has 0 atom stereocenters. The van der Waals surface area contributed by atoms with Gasteiger partial charge in [0.05, 0.1) is 17.1 Å². The van der Waals surface area contributed by atoms with Crippen LogP contribution < -0.4 is 15.4 Å². The highest BCUT2D eigenvalue weighted by molar-refractivity contribution is 6.45. The number of rotatable bonds is 2. The summed E-state index contributed by atoms with van der Waals surface area (Å²) in [6, 6.07) is 14.6. The van der Waals surface area contributed by atoms with E-state index < -0.39 is 0 Å². The number of anilines is 2. The van der Waals surface area contributed by atoms with E-state index in [1.54, 1.807) is 0 Å². The third kappa shape index (κ3) is 4.44. The van der Waals surface area contributed by atoms with E-state index in [0.717, 1.165) is 71.3 Å². The van der Waals surface area contributed by atoms with Crippen LogP contribution >= 0.6 is 0 Å². The van der Waals surface area contributed by atoms with Gasteiger partial charge in [0.1, 0.15) is 12.4 Å². The lowest BCUT2D eigenvalue weighted by Crippen LogP contribution is -2.22. The molecule has 0 aliphatic carbocycles. The van der Waals surface area contributed by atoms with Crippen molar-refractivity contribution in [2.75, 3.05) is 23.8 Å². The highest BCUT2D eigenvalue weighted by Gasteiger charge is 2.13. The molecule has 0 unspecified atom stereocenters. The molecule has 0 bridgehead atoms. The number of hydrogen-bond acceptors (Lipinski definition) is 5. The summed E-state index contributed by atoms with van der Waals surface area (Å²) in [5.74, 6) is 1.60. The third-order valence-corrected chi connectivity index (χ3v) is 5.63. The molecular weight excluding hydrogens is 398 g/mol. The van der Waals surface area contributed by atoms with Crippen molar-refractivity contribution in [1.29, 1.82) is 0 Å². The predicted octanol–water partition coefficient (Wildman–Crippen LogP) is 5.98. The van der Waals surface area contributed by atoms with Gasteiger partial charge in [0.2, 0.25) is 0 Å². The maximum Gasteiger partial charge on any atom is 0.152 e. The number of ether oxygens (including phenoxy) is 1. The molecule has 3 aromatic rings. The molecule has 0 radical (unpaired) electrons. The number of aromatic nitrogens is 1. The van der Waals surface area contributed by atoms with Gasteiger partial charge in [-0.2, -0.15) is 0 Å². The van der Waals surface area contributed by atoms with E-state index in [9.17, 15) is 0 Å². The Kier molecular flexibility index (Phi) is 5.75. The fraction of sp³-hybridized carbons (Fsp3) is 0.231. The molecule has 5 rings (SSSR count). The van der Waals surface area contributed by atoms with Crippen LogP contribution in [-0.4, -0.2) is 29.7 Å². The number of nitrogens with one attached hydrogen (secondary N) is 3. The Morgan fingerprint density at radius 3 is 3.00 bits per heavy atom. The monoisotopic (exact) mass is 425 g/mol. The second kappa shape index (κ2) is 9.14. The molecule has 3 N–H and O–H groups in total. The largest absolute Gasteiger partial charge is 0.490 e. The first-order valence-corrected chi connectivity index (χ1v) is 11.1. The van der Waals surface area contributed by atoms with Crippen LogP contribution in [0.2, 0.25) is 0 Å². The fourth-order valence-electron chi connectivity index (χ4n) is 3.88. The minimum atomic E-state index is 0.684.